The lowest BCUT2D eigenvalue weighted by atomic mass is 10.1. The first-order chi connectivity index (χ1) is 7.83. The van der Waals surface area contributed by atoms with Crippen LogP contribution in [0.2, 0.25) is 0 Å². The van der Waals surface area contributed by atoms with Crippen LogP contribution in [0, 0.1) is 5.92 Å². The minimum absolute atomic E-state index is 0.482. The second-order valence-corrected chi connectivity index (χ2v) is 4.28. The number of aromatic nitrogens is 2. The highest BCUT2D eigenvalue weighted by Gasteiger charge is 2.31. The Hall–Kier alpha value is -0.940. The molecule has 5 nitrogen and oxygen atoms in total. The largest absolute Gasteiger partial charge is 0.384 e. The normalized spacial score (nSPS) is 17.6. The Morgan fingerprint density at radius 2 is 2.38 bits per heavy atom. The van der Waals surface area contributed by atoms with Gasteiger partial charge in [0.2, 0.25) is 5.89 Å². The smallest absolute Gasteiger partial charge is 0.228 e. The van der Waals surface area contributed by atoms with E-state index >= 15 is 0 Å². The number of nitrogens with zero attached hydrogens (tertiary/aromatic N) is 2. The molecule has 0 spiro atoms. The van der Waals surface area contributed by atoms with E-state index in [9.17, 15) is 0 Å². The van der Waals surface area contributed by atoms with Crippen molar-refractivity contribution in [1.82, 2.24) is 15.5 Å². The molecule has 0 aromatic carbocycles. The zero-order valence-electron chi connectivity index (χ0n) is 9.90. The second kappa shape index (κ2) is 5.41. The van der Waals surface area contributed by atoms with Crippen molar-refractivity contribution in [1.29, 1.82) is 0 Å². The van der Waals surface area contributed by atoms with Crippen LogP contribution in [0.25, 0.3) is 0 Å². The van der Waals surface area contributed by atoms with Crippen molar-refractivity contribution in [3.05, 3.63) is 11.7 Å². The standard InChI is InChI=1S/C11H19N3O2/c1-12-9(8-3-4-8)7-11-13-10(14-16-11)5-6-15-2/h8-9,12H,3-7H2,1-2H3. The molecular weight excluding hydrogens is 206 g/mol. The third-order valence-corrected chi connectivity index (χ3v) is 3.00. The van der Waals surface area contributed by atoms with E-state index in [1.807, 2.05) is 7.05 Å². The molecule has 0 aliphatic heterocycles. The van der Waals surface area contributed by atoms with Gasteiger partial charge in [-0.2, -0.15) is 4.98 Å². The summed E-state index contributed by atoms with van der Waals surface area (Å²) in [6.45, 7) is 0.636. The van der Waals surface area contributed by atoms with Gasteiger partial charge in [-0.1, -0.05) is 5.16 Å². The number of hydrogen-bond donors (Lipinski definition) is 1. The Morgan fingerprint density at radius 1 is 1.56 bits per heavy atom. The van der Waals surface area contributed by atoms with Crippen LogP contribution in [0.4, 0.5) is 0 Å². The highest BCUT2D eigenvalue weighted by molar-refractivity contribution is 4.94. The molecule has 1 unspecified atom stereocenters. The van der Waals surface area contributed by atoms with E-state index in [1.165, 1.54) is 12.8 Å². The zero-order chi connectivity index (χ0) is 11.4. The quantitative estimate of drug-likeness (QED) is 0.743. The molecule has 1 aliphatic carbocycles. The predicted molar refractivity (Wildman–Crippen MR) is 59.2 cm³/mol. The van der Waals surface area contributed by atoms with Gasteiger partial charge < -0.3 is 14.6 Å². The van der Waals surface area contributed by atoms with Gasteiger partial charge >= 0.3 is 0 Å². The topological polar surface area (TPSA) is 60.2 Å². The van der Waals surface area contributed by atoms with Gasteiger partial charge in [0.05, 0.1) is 6.61 Å². The van der Waals surface area contributed by atoms with Crippen molar-refractivity contribution < 1.29 is 9.26 Å². The van der Waals surface area contributed by atoms with Crippen LogP contribution in [0.1, 0.15) is 24.6 Å². The summed E-state index contributed by atoms with van der Waals surface area (Å²) in [6, 6.07) is 0.482. The van der Waals surface area contributed by atoms with Crippen molar-refractivity contribution in [3.8, 4) is 0 Å². The molecule has 1 heterocycles. The summed E-state index contributed by atoms with van der Waals surface area (Å²) in [5.74, 6) is 2.26. The summed E-state index contributed by atoms with van der Waals surface area (Å²) < 4.78 is 10.2. The molecule has 0 saturated heterocycles. The molecule has 1 atom stereocenters. The van der Waals surface area contributed by atoms with Crippen LogP contribution in [-0.4, -0.2) is 36.9 Å². The number of methoxy groups -OCH3 is 1. The van der Waals surface area contributed by atoms with Crippen molar-refractivity contribution in [2.75, 3.05) is 20.8 Å². The maximum atomic E-state index is 5.22. The van der Waals surface area contributed by atoms with Gasteiger partial charge in [0.15, 0.2) is 5.82 Å². The molecule has 1 N–H and O–H groups in total. The highest BCUT2D eigenvalue weighted by Crippen LogP contribution is 2.33. The number of likely N-dealkylation sites (N-methyl/N-ethyl adjacent to an activating group) is 1. The van der Waals surface area contributed by atoms with Crippen molar-refractivity contribution in [3.63, 3.8) is 0 Å². The fourth-order valence-corrected chi connectivity index (χ4v) is 1.86. The lowest BCUT2D eigenvalue weighted by Gasteiger charge is -2.11. The van der Waals surface area contributed by atoms with Gasteiger partial charge in [-0.15, -0.1) is 0 Å². The van der Waals surface area contributed by atoms with Gasteiger partial charge in [-0.25, -0.2) is 0 Å². The van der Waals surface area contributed by atoms with Crippen molar-refractivity contribution >= 4 is 0 Å². The van der Waals surface area contributed by atoms with Crippen LogP contribution >= 0.6 is 0 Å². The molecule has 1 saturated carbocycles. The summed E-state index contributed by atoms with van der Waals surface area (Å²) in [6.07, 6.45) is 4.18. The maximum absolute atomic E-state index is 5.22. The summed E-state index contributed by atoms with van der Waals surface area (Å²) in [4.78, 5) is 4.35. The molecule has 90 valence electrons. The highest BCUT2D eigenvalue weighted by atomic mass is 16.5. The molecule has 0 amide bonds. The number of nitrogens with one attached hydrogen (secondary N) is 1. The SMILES string of the molecule is CNC(Cc1nc(CCOC)no1)C1CC1. The Balaban J connectivity index is 1.85. The first-order valence-corrected chi connectivity index (χ1v) is 5.81. The van der Waals surface area contributed by atoms with Gasteiger partial charge in [-0.3, -0.25) is 0 Å². The third kappa shape index (κ3) is 3.02. The van der Waals surface area contributed by atoms with E-state index in [4.69, 9.17) is 9.26 Å². The van der Waals surface area contributed by atoms with Crippen molar-refractivity contribution in [2.24, 2.45) is 5.92 Å². The summed E-state index contributed by atoms with van der Waals surface area (Å²) >= 11 is 0. The number of ether oxygens (including phenoxy) is 1. The Kier molecular flexibility index (Phi) is 3.90. The fraction of sp³-hybridized carbons (Fsp3) is 0.818. The van der Waals surface area contributed by atoms with Crippen LogP contribution in [-0.2, 0) is 17.6 Å². The maximum Gasteiger partial charge on any atom is 0.228 e. The molecule has 1 fully saturated rings. The number of hydrogen-bond acceptors (Lipinski definition) is 5. The predicted octanol–water partition coefficient (Wildman–Crippen LogP) is 0.799. The first-order valence-electron chi connectivity index (χ1n) is 5.81. The fourth-order valence-electron chi connectivity index (χ4n) is 1.86. The lowest BCUT2D eigenvalue weighted by Crippen LogP contribution is -2.29. The third-order valence-electron chi connectivity index (χ3n) is 3.00. The van der Waals surface area contributed by atoms with Crippen LogP contribution in [0.3, 0.4) is 0 Å². The van der Waals surface area contributed by atoms with Gasteiger partial charge in [0.1, 0.15) is 0 Å². The molecule has 0 radical (unpaired) electrons. The van der Waals surface area contributed by atoms with E-state index in [0.717, 1.165) is 24.1 Å². The average Bonchev–Trinajstić information content (AvgIpc) is 3.04. The molecular formula is C11H19N3O2. The van der Waals surface area contributed by atoms with Crippen molar-refractivity contribution in [2.45, 2.75) is 31.7 Å². The first kappa shape index (κ1) is 11.5. The number of rotatable bonds is 7. The lowest BCUT2D eigenvalue weighted by molar-refractivity contribution is 0.199. The summed E-state index contributed by atoms with van der Waals surface area (Å²) in [5.41, 5.74) is 0. The van der Waals surface area contributed by atoms with E-state index in [0.29, 0.717) is 19.1 Å². The second-order valence-electron chi connectivity index (χ2n) is 4.28. The average molecular weight is 225 g/mol. The zero-order valence-corrected chi connectivity index (χ0v) is 9.90. The minimum atomic E-state index is 0.482. The van der Waals surface area contributed by atoms with E-state index in [2.05, 4.69) is 15.5 Å². The Morgan fingerprint density at radius 3 is 3.00 bits per heavy atom. The molecule has 1 aromatic heterocycles. The van der Waals surface area contributed by atoms with Gasteiger partial charge in [-0.05, 0) is 25.8 Å². The molecule has 1 aliphatic rings. The van der Waals surface area contributed by atoms with Gasteiger partial charge in [0.25, 0.3) is 0 Å². The summed E-state index contributed by atoms with van der Waals surface area (Å²) in [7, 11) is 3.66. The van der Waals surface area contributed by atoms with E-state index in [-0.39, 0.29) is 0 Å². The van der Waals surface area contributed by atoms with Crippen LogP contribution < -0.4 is 5.32 Å². The molecule has 16 heavy (non-hydrogen) atoms. The molecule has 0 bridgehead atoms. The van der Waals surface area contributed by atoms with E-state index in [1.54, 1.807) is 7.11 Å². The Labute approximate surface area is 95.6 Å². The van der Waals surface area contributed by atoms with Gasteiger partial charge in [0, 0.05) is 26.0 Å². The van der Waals surface area contributed by atoms with Crippen LogP contribution in [0.5, 0.6) is 0 Å². The molecule has 2 rings (SSSR count). The Bertz CT molecular complexity index is 323. The van der Waals surface area contributed by atoms with Crippen LogP contribution in [0.15, 0.2) is 4.52 Å². The monoisotopic (exact) mass is 225 g/mol. The molecule has 5 heteroatoms. The minimum Gasteiger partial charge on any atom is -0.384 e. The summed E-state index contributed by atoms with van der Waals surface area (Å²) in [5, 5.41) is 7.24. The van der Waals surface area contributed by atoms with E-state index < -0.39 is 0 Å². The molecule has 1 aromatic rings.